The first-order valence-electron chi connectivity index (χ1n) is 7.17. The lowest BCUT2D eigenvalue weighted by atomic mass is 10.2. The summed E-state index contributed by atoms with van der Waals surface area (Å²) < 4.78 is 5.35. The molecule has 0 saturated carbocycles. The van der Waals surface area contributed by atoms with Crippen LogP contribution in [0.15, 0.2) is 30.3 Å². The van der Waals surface area contributed by atoms with Gasteiger partial charge in [0.2, 0.25) is 5.91 Å². The van der Waals surface area contributed by atoms with Crippen molar-refractivity contribution < 1.29 is 14.3 Å². The number of hydrogen-bond acceptors (Lipinski definition) is 5. The number of amides is 2. The van der Waals surface area contributed by atoms with Crippen molar-refractivity contribution in [3.05, 3.63) is 35.9 Å². The fourth-order valence-electron chi connectivity index (χ4n) is 2.43. The van der Waals surface area contributed by atoms with Crippen LogP contribution >= 0.6 is 23.5 Å². The third-order valence-corrected chi connectivity index (χ3v) is 5.65. The topological polar surface area (TPSA) is 49.9 Å². The number of carbonyl (C=O) groups excluding carboxylic acids is 2. The Morgan fingerprint density at radius 1 is 1.18 bits per heavy atom. The normalized spacial score (nSPS) is 21.2. The van der Waals surface area contributed by atoms with Gasteiger partial charge in [0.05, 0.1) is 11.8 Å². The number of benzene rings is 1. The van der Waals surface area contributed by atoms with Gasteiger partial charge in [0.25, 0.3) is 0 Å². The van der Waals surface area contributed by atoms with Crippen LogP contribution < -0.4 is 0 Å². The molecule has 0 spiro atoms. The van der Waals surface area contributed by atoms with Crippen LogP contribution in [0.25, 0.3) is 0 Å². The van der Waals surface area contributed by atoms with Gasteiger partial charge in [0.1, 0.15) is 12.6 Å². The third-order valence-electron chi connectivity index (χ3n) is 3.67. The number of thioether (sulfide) groups is 2. The number of rotatable bonds is 3. The summed E-state index contributed by atoms with van der Waals surface area (Å²) in [7, 11) is 0. The van der Waals surface area contributed by atoms with Crippen molar-refractivity contribution in [3.8, 4) is 0 Å². The van der Waals surface area contributed by atoms with E-state index in [2.05, 4.69) is 0 Å². The van der Waals surface area contributed by atoms with Gasteiger partial charge >= 0.3 is 6.09 Å². The van der Waals surface area contributed by atoms with Crippen LogP contribution in [0.1, 0.15) is 5.56 Å². The predicted octanol–water partition coefficient (Wildman–Crippen LogP) is 2.23. The number of carbonyl (C=O) groups is 2. The molecule has 2 aliphatic rings. The number of ether oxygens (including phenoxy) is 1. The second-order valence-electron chi connectivity index (χ2n) is 5.16. The Balaban J connectivity index is 1.57. The second kappa shape index (κ2) is 7.28. The summed E-state index contributed by atoms with van der Waals surface area (Å²) in [4.78, 5) is 28.1. The molecule has 2 saturated heterocycles. The summed E-state index contributed by atoms with van der Waals surface area (Å²) in [5.41, 5.74) is 0.946. The fourth-order valence-corrected chi connectivity index (χ4v) is 4.52. The summed E-state index contributed by atoms with van der Waals surface area (Å²) in [6, 6.07) is 9.18. The molecule has 0 aromatic heterocycles. The molecule has 0 N–H and O–H groups in total. The lowest BCUT2D eigenvalue weighted by Gasteiger charge is -2.26. The van der Waals surface area contributed by atoms with Gasteiger partial charge in [0, 0.05) is 18.1 Å². The molecule has 0 radical (unpaired) electrons. The molecule has 0 unspecified atom stereocenters. The molecule has 2 heterocycles. The molecule has 3 rings (SSSR count). The maximum Gasteiger partial charge on any atom is 0.411 e. The fraction of sp³-hybridized carbons (Fsp3) is 0.467. The Morgan fingerprint density at radius 3 is 2.73 bits per heavy atom. The van der Waals surface area contributed by atoms with E-state index in [1.165, 1.54) is 0 Å². The SMILES string of the molecule is O=C([C@@H]1CSCN1C(=O)OCc1ccccc1)N1CCSC1. The van der Waals surface area contributed by atoms with Gasteiger partial charge in [0.15, 0.2) is 0 Å². The summed E-state index contributed by atoms with van der Waals surface area (Å²) in [5.74, 6) is 2.93. The average Bonchev–Trinajstić information content (AvgIpc) is 3.24. The molecule has 0 aliphatic carbocycles. The molecule has 5 nitrogen and oxygen atoms in total. The first kappa shape index (κ1) is 15.6. The summed E-state index contributed by atoms with van der Waals surface area (Å²) in [6.07, 6.45) is -0.404. The second-order valence-corrected chi connectivity index (χ2v) is 7.24. The third kappa shape index (κ3) is 3.52. The highest BCUT2D eigenvalue weighted by Gasteiger charge is 2.38. The lowest BCUT2D eigenvalue weighted by Crippen LogP contribution is -2.48. The number of nitrogens with zero attached hydrogens (tertiary/aromatic N) is 2. The summed E-state index contributed by atoms with van der Waals surface area (Å²) in [5, 5.41) is 0. The summed E-state index contributed by atoms with van der Waals surface area (Å²) in [6.45, 7) is 1.01. The van der Waals surface area contributed by atoms with Crippen LogP contribution in [0.3, 0.4) is 0 Å². The van der Waals surface area contributed by atoms with Crippen molar-refractivity contribution in [3.63, 3.8) is 0 Å². The van der Waals surface area contributed by atoms with Crippen LogP contribution in [0.4, 0.5) is 4.79 Å². The zero-order valence-electron chi connectivity index (χ0n) is 12.1. The van der Waals surface area contributed by atoms with Crippen LogP contribution in [0, 0.1) is 0 Å². The molecule has 7 heteroatoms. The minimum Gasteiger partial charge on any atom is -0.445 e. The highest BCUT2D eigenvalue weighted by molar-refractivity contribution is 7.99. The van der Waals surface area contributed by atoms with Crippen LogP contribution in [0.2, 0.25) is 0 Å². The van der Waals surface area contributed by atoms with E-state index in [-0.39, 0.29) is 18.6 Å². The van der Waals surface area contributed by atoms with Gasteiger partial charge < -0.3 is 9.64 Å². The quantitative estimate of drug-likeness (QED) is 0.846. The molecule has 22 heavy (non-hydrogen) atoms. The van der Waals surface area contributed by atoms with E-state index >= 15 is 0 Å². The predicted molar refractivity (Wildman–Crippen MR) is 88.6 cm³/mol. The minimum absolute atomic E-state index is 0.0478. The van der Waals surface area contributed by atoms with E-state index in [9.17, 15) is 9.59 Å². The van der Waals surface area contributed by atoms with Gasteiger partial charge in [-0.2, -0.15) is 0 Å². The molecule has 1 aromatic carbocycles. The van der Waals surface area contributed by atoms with Gasteiger partial charge in [-0.15, -0.1) is 23.5 Å². The Hall–Kier alpha value is -1.34. The zero-order valence-corrected chi connectivity index (χ0v) is 13.8. The Labute approximate surface area is 138 Å². The average molecular weight is 338 g/mol. The van der Waals surface area contributed by atoms with Gasteiger partial charge in [-0.25, -0.2) is 4.79 Å². The van der Waals surface area contributed by atoms with E-state index in [0.29, 0.717) is 11.6 Å². The van der Waals surface area contributed by atoms with E-state index in [4.69, 9.17) is 4.74 Å². The van der Waals surface area contributed by atoms with E-state index in [1.807, 2.05) is 35.2 Å². The van der Waals surface area contributed by atoms with Crippen molar-refractivity contribution >= 4 is 35.5 Å². The van der Waals surface area contributed by atoms with Crippen molar-refractivity contribution in [2.45, 2.75) is 12.6 Å². The smallest absolute Gasteiger partial charge is 0.411 e. The van der Waals surface area contributed by atoms with Gasteiger partial charge in [-0.1, -0.05) is 30.3 Å². The molecule has 0 bridgehead atoms. The molecule has 118 valence electrons. The maximum absolute atomic E-state index is 12.5. The standard InChI is InChI=1S/C15H18N2O3S2/c18-14(16-6-7-21-10-16)13-9-22-11-17(13)15(19)20-8-12-4-2-1-3-5-12/h1-5,13H,6-11H2/t13-/m0/s1. The van der Waals surface area contributed by atoms with Crippen molar-refractivity contribution in [1.82, 2.24) is 9.80 Å². The molecule has 1 atom stereocenters. The van der Waals surface area contributed by atoms with Gasteiger partial charge in [-0.05, 0) is 5.56 Å². The maximum atomic E-state index is 12.5. The van der Waals surface area contributed by atoms with Crippen LogP contribution in [-0.4, -0.2) is 57.6 Å². The Kier molecular flexibility index (Phi) is 5.15. The summed E-state index contributed by atoms with van der Waals surface area (Å²) >= 11 is 3.35. The lowest BCUT2D eigenvalue weighted by molar-refractivity contribution is -0.133. The monoisotopic (exact) mass is 338 g/mol. The van der Waals surface area contributed by atoms with Crippen LogP contribution in [-0.2, 0) is 16.1 Å². The molecule has 2 fully saturated rings. The molecule has 2 amide bonds. The van der Waals surface area contributed by atoms with E-state index < -0.39 is 6.09 Å². The van der Waals surface area contributed by atoms with E-state index in [1.54, 1.807) is 28.4 Å². The minimum atomic E-state index is -0.404. The molecular weight excluding hydrogens is 320 g/mol. The van der Waals surface area contributed by atoms with Crippen LogP contribution in [0.5, 0.6) is 0 Å². The first-order chi connectivity index (χ1) is 10.8. The molecular formula is C15H18N2O3S2. The molecule has 2 aliphatic heterocycles. The van der Waals surface area contributed by atoms with E-state index in [0.717, 1.165) is 23.7 Å². The largest absolute Gasteiger partial charge is 0.445 e. The van der Waals surface area contributed by atoms with Crippen molar-refractivity contribution in [2.75, 3.05) is 29.8 Å². The van der Waals surface area contributed by atoms with Crippen molar-refractivity contribution in [2.24, 2.45) is 0 Å². The highest BCUT2D eigenvalue weighted by Crippen LogP contribution is 2.25. The highest BCUT2D eigenvalue weighted by atomic mass is 32.2. The number of hydrogen-bond donors (Lipinski definition) is 0. The molecule has 1 aromatic rings. The van der Waals surface area contributed by atoms with Crippen molar-refractivity contribution in [1.29, 1.82) is 0 Å². The van der Waals surface area contributed by atoms with Gasteiger partial charge in [-0.3, -0.25) is 9.69 Å². The Morgan fingerprint density at radius 2 is 2.00 bits per heavy atom. The zero-order chi connectivity index (χ0) is 15.4. The Bertz CT molecular complexity index is 535. The first-order valence-corrected chi connectivity index (χ1v) is 9.48.